The molecule has 1 heterocycles. The summed E-state index contributed by atoms with van der Waals surface area (Å²) in [7, 11) is 0. The molecule has 1 atom stereocenters. The Kier molecular flexibility index (Phi) is 2.79. The molecular weight excluding hydrogens is 216 g/mol. The Bertz CT molecular complexity index is 386. The Morgan fingerprint density at radius 2 is 2.00 bits per heavy atom. The molecule has 0 radical (unpaired) electrons. The van der Waals surface area contributed by atoms with Gasteiger partial charge in [0, 0.05) is 11.8 Å². The molecule has 72 valence electrons. The van der Waals surface area contributed by atoms with Crippen LogP contribution in [0.5, 0.6) is 0 Å². The topological polar surface area (TPSA) is 24.4 Å². The third-order valence-corrected chi connectivity index (χ3v) is 2.44. The normalized spacial score (nSPS) is 20.9. The molecule has 0 aromatic heterocycles. The van der Waals surface area contributed by atoms with Gasteiger partial charge in [-0.25, -0.2) is 4.99 Å². The zero-order valence-corrected chi connectivity index (χ0v) is 8.96. The molecule has 0 bridgehead atoms. The Morgan fingerprint density at radius 1 is 1.29 bits per heavy atom. The minimum atomic E-state index is -0.215. The number of halogens is 1. The summed E-state index contributed by atoms with van der Waals surface area (Å²) in [5, 5.41) is 3.53. The van der Waals surface area contributed by atoms with Crippen LogP contribution in [0, 0.1) is 0 Å². The van der Waals surface area contributed by atoms with E-state index < -0.39 is 0 Å². The number of hydrogen-bond donors (Lipinski definition) is 2. The highest BCUT2D eigenvalue weighted by Gasteiger charge is 2.13. The van der Waals surface area contributed by atoms with Gasteiger partial charge in [0.15, 0.2) is 5.50 Å². The summed E-state index contributed by atoms with van der Waals surface area (Å²) in [6, 6.07) is 9.82. The van der Waals surface area contributed by atoms with Crippen LogP contribution in [0.15, 0.2) is 46.6 Å². The Labute approximate surface area is 93.1 Å². The van der Waals surface area contributed by atoms with Gasteiger partial charge in [-0.15, -0.1) is 12.6 Å². The lowest BCUT2D eigenvalue weighted by Gasteiger charge is -2.16. The summed E-state index contributed by atoms with van der Waals surface area (Å²) in [4.78, 5) is 4.30. The van der Waals surface area contributed by atoms with Gasteiger partial charge >= 0.3 is 0 Å². The number of nitrogens with one attached hydrogen (secondary N) is 1. The number of allylic oxidation sites excluding steroid dienone is 1. The zero-order chi connectivity index (χ0) is 9.97. The summed E-state index contributed by atoms with van der Waals surface area (Å²) in [5.74, 6) is 0. The SMILES string of the molecule is SC1N=C(c2ccccc2)C(Cl)=CN1. The van der Waals surface area contributed by atoms with Crippen LogP contribution in [0.3, 0.4) is 0 Å². The second-order valence-electron chi connectivity index (χ2n) is 2.88. The molecule has 0 spiro atoms. The highest BCUT2D eigenvalue weighted by atomic mass is 35.5. The summed E-state index contributed by atoms with van der Waals surface area (Å²) >= 11 is 10.2. The fraction of sp³-hybridized carbons (Fsp3) is 0.100. The van der Waals surface area contributed by atoms with Crippen LogP contribution < -0.4 is 5.32 Å². The smallest absolute Gasteiger partial charge is 0.164 e. The predicted molar refractivity (Wildman–Crippen MR) is 62.8 cm³/mol. The number of nitrogens with zero attached hydrogens (tertiary/aromatic N) is 1. The molecule has 0 saturated heterocycles. The lowest BCUT2D eigenvalue weighted by Crippen LogP contribution is -2.23. The Balaban J connectivity index is 2.39. The lowest BCUT2D eigenvalue weighted by molar-refractivity contribution is 0.816. The van der Waals surface area contributed by atoms with Crippen molar-refractivity contribution in [1.29, 1.82) is 0 Å². The van der Waals surface area contributed by atoms with Crippen molar-refractivity contribution in [3.8, 4) is 0 Å². The molecule has 1 aliphatic heterocycles. The van der Waals surface area contributed by atoms with E-state index in [0.717, 1.165) is 11.3 Å². The molecule has 0 fully saturated rings. The summed E-state index contributed by atoms with van der Waals surface area (Å²) in [6.07, 6.45) is 1.72. The second kappa shape index (κ2) is 4.07. The largest absolute Gasteiger partial charge is 0.360 e. The number of rotatable bonds is 1. The van der Waals surface area contributed by atoms with Gasteiger partial charge in [-0.1, -0.05) is 41.9 Å². The van der Waals surface area contributed by atoms with Crippen molar-refractivity contribution < 1.29 is 0 Å². The van der Waals surface area contributed by atoms with E-state index in [2.05, 4.69) is 22.9 Å². The monoisotopic (exact) mass is 224 g/mol. The molecule has 2 nitrogen and oxygen atoms in total. The quantitative estimate of drug-likeness (QED) is 0.704. The van der Waals surface area contributed by atoms with Gasteiger partial charge in [0.1, 0.15) is 0 Å². The Hall–Kier alpha value is -0.930. The average Bonchev–Trinajstić information content (AvgIpc) is 2.23. The molecule has 1 aliphatic rings. The van der Waals surface area contributed by atoms with E-state index in [9.17, 15) is 0 Å². The lowest BCUT2D eigenvalue weighted by atomic mass is 10.1. The summed E-state index contributed by atoms with van der Waals surface area (Å²) in [5.41, 5.74) is 1.58. The van der Waals surface area contributed by atoms with Crippen molar-refractivity contribution >= 4 is 29.9 Å². The van der Waals surface area contributed by atoms with Crippen molar-refractivity contribution in [3.05, 3.63) is 47.1 Å². The average molecular weight is 225 g/mol. The van der Waals surface area contributed by atoms with Gasteiger partial charge < -0.3 is 5.32 Å². The number of benzene rings is 1. The van der Waals surface area contributed by atoms with Crippen LogP contribution in [0.25, 0.3) is 0 Å². The van der Waals surface area contributed by atoms with Crippen molar-refractivity contribution in [2.75, 3.05) is 0 Å². The van der Waals surface area contributed by atoms with Crippen LogP contribution in [-0.2, 0) is 0 Å². The van der Waals surface area contributed by atoms with Crippen LogP contribution >= 0.6 is 24.2 Å². The van der Waals surface area contributed by atoms with Crippen molar-refractivity contribution in [2.24, 2.45) is 4.99 Å². The van der Waals surface area contributed by atoms with Crippen LogP contribution in [-0.4, -0.2) is 11.2 Å². The van der Waals surface area contributed by atoms with Gasteiger partial charge in [-0.2, -0.15) is 0 Å². The van der Waals surface area contributed by atoms with Crippen LogP contribution in [0.1, 0.15) is 5.56 Å². The summed E-state index contributed by atoms with van der Waals surface area (Å²) in [6.45, 7) is 0. The number of hydrogen-bond acceptors (Lipinski definition) is 3. The first-order valence-electron chi connectivity index (χ1n) is 4.21. The highest BCUT2D eigenvalue weighted by Crippen LogP contribution is 2.17. The molecule has 14 heavy (non-hydrogen) atoms. The third kappa shape index (κ3) is 1.94. The maximum Gasteiger partial charge on any atom is 0.164 e. The first-order valence-corrected chi connectivity index (χ1v) is 5.10. The molecule has 2 rings (SSSR count). The van der Waals surface area contributed by atoms with E-state index in [-0.39, 0.29) is 5.50 Å². The van der Waals surface area contributed by atoms with Gasteiger partial charge in [-0.3, -0.25) is 0 Å². The first kappa shape index (κ1) is 9.62. The highest BCUT2D eigenvalue weighted by molar-refractivity contribution is 7.80. The minimum absolute atomic E-state index is 0.215. The first-order chi connectivity index (χ1) is 6.77. The van der Waals surface area contributed by atoms with E-state index in [4.69, 9.17) is 11.6 Å². The number of thiol groups is 1. The van der Waals surface area contributed by atoms with E-state index in [1.165, 1.54) is 0 Å². The molecule has 4 heteroatoms. The van der Waals surface area contributed by atoms with E-state index >= 15 is 0 Å². The number of aliphatic imine (C=N–C) groups is 1. The standard InChI is InChI=1S/C10H9ClN2S/c11-8-6-12-10(14)13-9(8)7-4-2-1-3-5-7/h1-6,10,12,14H. The van der Waals surface area contributed by atoms with Crippen molar-refractivity contribution in [3.63, 3.8) is 0 Å². The molecule has 0 aliphatic carbocycles. The van der Waals surface area contributed by atoms with Gasteiger partial charge in [-0.05, 0) is 0 Å². The molecular formula is C10H9ClN2S. The molecule has 0 amide bonds. The fourth-order valence-corrected chi connectivity index (χ4v) is 1.66. The van der Waals surface area contributed by atoms with Crippen LogP contribution in [0.4, 0.5) is 0 Å². The van der Waals surface area contributed by atoms with E-state index in [1.807, 2.05) is 30.3 Å². The van der Waals surface area contributed by atoms with Crippen molar-refractivity contribution in [1.82, 2.24) is 5.32 Å². The summed E-state index contributed by atoms with van der Waals surface area (Å²) < 4.78 is 0. The zero-order valence-electron chi connectivity index (χ0n) is 7.31. The molecule has 1 aromatic carbocycles. The van der Waals surface area contributed by atoms with E-state index in [1.54, 1.807) is 6.20 Å². The minimum Gasteiger partial charge on any atom is -0.360 e. The maximum atomic E-state index is 6.02. The fourth-order valence-electron chi connectivity index (χ4n) is 1.25. The Morgan fingerprint density at radius 3 is 2.71 bits per heavy atom. The van der Waals surface area contributed by atoms with Gasteiger partial charge in [0.2, 0.25) is 0 Å². The van der Waals surface area contributed by atoms with Crippen LogP contribution in [0.2, 0.25) is 0 Å². The molecule has 0 saturated carbocycles. The maximum absolute atomic E-state index is 6.02. The molecule has 1 unspecified atom stereocenters. The third-order valence-electron chi connectivity index (χ3n) is 1.88. The van der Waals surface area contributed by atoms with Gasteiger partial charge in [0.05, 0.1) is 10.7 Å². The van der Waals surface area contributed by atoms with Crippen molar-refractivity contribution in [2.45, 2.75) is 5.50 Å². The predicted octanol–water partition coefficient (Wildman–Crippen LogP) is 2.37. The second-order valence-corrected chi connectivity index (χ2v) is 3.77. The van der Waals surface area contributed by atoms with Gasteiger partial charge in [0.25, 0.3) is 0 Å². The van der Waals surface area contributed by atoms with E-state index in [0.29, 0.717) is 5.03 Å². The molecule has 1 aromatic rings. The molecule has 1 N–H and O–H groups in total.